The second-order valence-corrected chi connectivity index (χ2v) is 3.81. The molecule has 0 aliphatic carbocycles. The average molecular weight is 283 g/mol. The zero-order valence-corrected chi connectivity index (χ0v) is 9.33. The first-order valence-electron chi connectivity index (χ1n) is 3.95. The van der Waals surface area contributed by atoms with E-state index in [0.717, 1.165) is 9.32 Å². The summed E-state index contributed by atoms with van der Waals surface area (Å²) in [7, 11) is 1.69. The lowest BCUT2D eigenvalue weighted by molar-refractivity contribution is 0.412. The Balaban J connectivity index is 2.79. The van der Waals surface area contributed by atoms with E-state index in [2.05, 4.69) is 34.7 Å². The molecule has 0 spiro atoms. The fourth-order valence-corrected chi connectivity index (χ4v) is 2.20. The Labute approximate surface area is 90.9 Å². The fraction of sp³-hybridized carbons (Fsp3) is 0.0909. The topological polar surface area (TPSA) is 9.23 Å². The summed E-state index contributed by atoms with van der Waals surface area (Å²) in [4.78, 5) is 0. The second-order valence-electron chi connectivity index (χ2n) is 2.73. The molecule has 13 heavy (non-hydrogen) atoms. The third-order valence-electron chi connectivity index (χ3n) is 1.98. The molecular formula is C11H8IO. The van der Waals surface area contributed by atoms with Crippen molar-refractivity contribution in [3.63, 3.8) is 0 Å². The van der Waals surface area contributed by atoms with Crippen LogP contribution in [0, 0.1) is 9.64 Å². The summed E-state index contributed by atoms with van der Waals surface area (Å²) in [5.41, 5.74) is 0. The number of ether oxygens (including phenoxy) is 1. The molecule has 0 bridgehead atoms. The Bertz CT molecular complexity index is 437. The lowest BCUT2D eigenvalue weighted by Crippen LogP contribution is -1.87. The first-order chi connectivity index (χ1) is 6.33. The lowest BCUT2D eigenvalue weighted by atomic mass is 10.1. The molecule has 2 aromatic rings. The third kappa shape index (κ3) is 1.50. The number of methoxy groups -OCH3 is 1. The summed E-state index contributed by atoms with van der Waals surface area (Å²) >= 11 is 2.30. The van der Waals surface area contributed by atoms with Gasteiger partial charge in [-0.3, -0.25) is 0 Å². The van der Waals surface area contributed by atoms with Crippen molar-refractivity contribution in [3.05, 3.63) is 40.0 Å². The predicted octanol–water partition coefficient (Wildman–Crippen LogP) is 3.25. The molecule has 0 atom stereocenters. The summed E-state index contributed by atoms with van der Waals surface area (Å²) in [5, 5.41) is 2.42. The molecule has 65 valence electrons. The van der Waals surface area contributed by atoms with Crippen LogP contribution in [-0.4, -0.2) is 7.11 Å². The Morgan fingerprint density at radius 1 is 1.31 bits per heavy atom. The van der Waals surface area contributed by atoms with Crippen molar-refractivity contribution in [2.75, 3.05) is 7.11 Å². The van der Waals surface area contributed by atoms with Gasteiger partial charge in [0.05, 0.1) is 10.7 Å². The van der Waals surface area contributed by atoms with E-state index in [1.165, 1.54) is 10.8 Å². The molecule has 0 saturated carbocycles. The quantitative estimate of drug-likeness (QED) is 0.730. The number of benzene rings is 2. The molecule has 0 saturated heterocycles. The first kappa shape index (κ1) is 8.81. The Hall–Kier alpha value is -0.770. The second kappa shape index (κ2) is 3.54. The van der Waals surface area contributed by atoms with Crippen molar-refractivity contribution >= 4 is 33.4 Å². The van der Waals surface area contributed by atoms with Crippen LogP contribution in [0.25, 0.3) is 10.8 Å². The van der Waals surface area contributed by atoms with Crippen molar-refractivity contribution in [3.8, 4) is 5.75 Å². The molecule has 1 nitrogen and oxygen atoms in total. The molecule has 0 amide bonds. The smallest absolute Gasteiger partial charge is 0.132 e. The molecule has 0 aliphatic heterocycles. The van der Waals surface area contributed by atoms with E-state index in [-0.39, 0.29) is 0 Å². The summed E-state index contributed by atoms with van der Waals surface area (Å²) < 4.78 is 6.39. The average Bonchev–Trinajstić information content (AvgIpc) is 2.19. The number of fused-ring (bicyclic) bond motifs is 1. The first-order valence-corrected chi connectivity index (χ1v) is 5.03. The van der Waals surface area contributed by atoms with Crippen LogP contribution < -0.4 is 4.74 Å². The molecule has 0 N–H and O–H groups in total. The van der Waals surface area contributed by atoms with Gasteiger partial charge < -0.3 is 4.74 Å². The largest absolute Gasteiger partial charge is 0.496 e. The van der Waals surface area contributed by atoms with E-state index in [1.54, 1.807) is 7.11 Å². The SMILES string of the molecule is COc1ccc2c[c]ccc2c1I. The molecule has 2 aromatic carbocycles. The summed E-state index contributed by atoms with van der Waals surface area (Å²) in [6.07, 6.45) is 0. The van der Waals surface area contributed by atoms with Gasteiger partial charge in [-0.15, -0.1) is 0 Å². The highest BCUT2D eigenvalue weighted by Crippen LogP contribution is 2.28. The van der Waals surface area contributed by atoms with E-state index in [1.807, 2.05) is 24.3 Å². The molecule has 0 fully saturated rings. The van der Waals surface area contributed by atoms with Gasteiger partial charge in [0.15, 0.2) is 0 Å². The Morgan fingerprint density at radius 2 is 2.15 bits per heavy atom. The number of hydrogen-bond acceptors (Lipinski definition) is 1. The maximum atomic E-state index is 5.24. The number of hydrogen-bond donors (Lipinski definition) is 0. The van der Waals surface area contributed by atoms with Gasteiger partial charge in [0.1, 0.15) is 5.75 Å². The van der Waals surface area contributed by atoms with E-state index in [4.69, 9.17) is 4.74 Å². The minimum absolute atomic E-state index is 0.930. The van der Waals surface area contributed by atoms with Crippen LogP contribution in [0.1, 0.15) is 0 Å². The normalized spacial score (nSPS) is 10.3. The van der Waals surface area contributed by atoms with Gasteiger partial charge >= 0.3 is 0 Å². The van der Waals surface area contributed by atoms with Crippen LogP contribution in [0.3, 0.4) is 0 Å². The van der Waals surface area contributed by atoms with Gasteiger partial charge in [0.25, 0.3) is 0 Å². The zero-order chi connectivity index (χ0) is 9.26. The molecule has 2 rings (SSSR count). The maximum Gasteiger partial charge on any atom is 0.132 e. The Morgan fingerprint density at radius 3 is 2.92 bits per heavy atom. The van der Waals surface area contributed by atoms with Gasteiger partial charge in [-0.25, -0.2) is 0 Å². The van der Waals surface area contributed by atoms with Crippen molar-refractivity contribution in [2.24, 2.45) is 0 Å². The van der Waals surface area contributed by atoms with Gasteiger partial charge in [-0.1, -0.05) is 18.2 Å². The predicted molar refractivity (Wildman–Crippen MR) is 62.1 cm³/mol. The zero-order valence-electron chi connectivity index (χ0n) is 7.17. The van der Waals surface area contributed by atoms with E-state index in [0.29, 0.717) is 0 Å². The van der Waals surface area contributed by atoms with Crippen molar-refractivity contribution in [1.82, 2.24) is 0 Å². The van der Waals surface area contributed by atoms with Crippen molar-refractivity contribution in [1.29, 1.82) is 0 Å². The molecule has 2 heteroatoms. The molecule has 1 radical (unpaired) electrons. The van der Waals surface area contributed by atoms with Gasteiger partial charge in [-0.05, 0) is 51.6 Å². The van der Waals surface area contributed by atoms with Gasteiger partial charge in [0, 0.05) is 0 Å². The number of rotatable bonds is 1. The fourth-order valence-electron chi connectivity index (χ4n) is 1.31. The third-order valence-corrected chi connectivity index (χ3v) is 3.10. The summed E-state index contributed by atoms with van der Waals surface area (Å²) in [5.74, 6) is 0.930. The van der Waals surface area contributed by atoms with Gasteiger partial charge in [0.2, 0.25) is 0 Å². The van der Waals surface area contributed by atoms with E-state index in [9.17, 15) is 0 Å². The maximum absolute atomic E-state index is 5.24. The number of halogens is 1. The molecule has 0 unspecified atom stereocenters. The van der Waals surface area contributed by atoms with Crippen molar-refractivity contribution < 1.29 is 4.74 Å². The highest BCUT2D eigenvalue weighted by atomic mass is 127. The minimum atomic E-state index is 0.930. The Kier molecular flexibility index (Phi) is 2.40. The van der Waals surface area contributed by atoms with Gasteiger partial charge in [-0.2, -0.15) is 0 Å². The highest BCUT2D eigenvalue weighted by molar-refractivity contribution is 14.1. The summed E-state index contributed by atoms with van der Waals surface area (Å²) in [6, 6.07) is 13.0. The minimum Gasteiger partial charge on any atom is -0.496 e. The van der Waals surface area contributed by atoms with Crippen LogP contribution in [0.4, 0.5) is 0 Å². The highest BCUT2D eigenvalue weighted by Gasteiger charge is 2.03. The standard InChI is InChI=1S/C11H8IO/c1-13-10-7-6-8-4-2-3-5-9(8)11(10)12/h3-7H,1H3. The molecule has 0 heterocycles. The van der Waals surface area contributed by atoms with Crippen LogP contribution >= 0.6 is 22.6 Å². The van der Waals surface area contributed by atoms with Crippen LogP contribution in [0.2, 0.25) is 0 Å². The van der Waals surface area contributed by atoms with Crippen molar-refractivity contribution in [2.45, 2.75) is 0 Å². The van der Waals surface area contributed by atoms with E-state index < -0.39 is 0 Å². The lowest BCUT2D eigenvalue weighted by Gasteiger charge is -2.05. The summed E-state index contributed by atoms with van der Waals surface area (Å²) in [6.45, 7) is 0. The van der Waals surface area contributed by atoms with Crippen LogP contribution in [0.5, 0.6) is 5.75 Å². The molecule has 0 aliphatic rings. The van der Waals surface area contributed by atoms with E-state index >= 15 is 0 Å². The van der Waals surface area contributed by atoms with Crippen LogP contribution in [0.15, 0.2) is 30.3 Å². The molecule has 0 aromatic heterocycles. The van der Waals surface area contributed by atoms with Crippen LogP contribution in [-0.2, 0) is 0 Å². The monoisotopic (exact) mass is 283 g/mol. The molecular weight excluding hydrogens is 275 g/mol.